The van der Waals surface area contributed by atoms with Crippen molar-refractivity contribution in [3.63, 3.8) is 0 Å². The van der Waals surface area contributed by atoms with E-state index in [2.05, 4.69) is 32.7 Å². The van der Waals surface area contributed by atoms with Crippen LogP contribution in [-0.2, 0) is 13.0 Å². The summed E-state index contributed by atoms with van der Waals surface area (Å²) in [6, 6.07) is 11.5. The van der Waals surface area contributed by atoms with Crippen LogP contribution in [0.1, 0.15) is 21.5 Å². The summed E-state index contributed by atoms with van der Waals surface area (Å²) < 4.78 is 0. The van der Waals surface area contributed by atoms with Crippen LogP contribution < -0.4 is 15.5 Å². The Morgan fingerprint density at radius 3 is 2.80 bits per heavy atom. The summed E-state index contributed by atoms with van der Waals surface area (Å²) in [4.78, 5) is 23.5. The maximum Gasteiger partial charge on any atom is 0.263 e. The van der Waals surface area contributed by atoms with Gasteiger partial charge in [-0.1, -0.05) is 47.1 Å². The normalized spacial score (nSPS) is 15.5. The molecule has 0 unspecified atom stereocenters. The molecule has 2 aliphatic heterocycles. The van der Waals surface area contributed by atoms with Crippen molar-refractivity contribution >= 4 is 58.2 Å². The first kappa shape index (κ1) is 19.6. The minimum atomic E-state index is -0.216. The summed E-state index contributed by atoms with van der Waals surface area (Å²) in [5.41, 5.74) is 4.53. The number of thioether (sulfide) groups is 1. The number of hydrogen-bond acceptors (Lipinski definition) is 6. The minimum absolute atomic E-state index is 0.216. The highest BCUT2D eigenvalue weighted by atomic mass is 35.5. The maximum absolute atomic E-state index is 13.0. The van der Waals surface area contributed by atoms with Gasteiger partial charge >= 0.3 is 0 Å². The molecule has 0 saturated heterocycles. The molecule has 152 valence electrons. The van der Waals surface area contributed by atoms with Crippen LogP contribution in [0.15, 0.2) is 47.6 Å². The Morgan fingerprint density at radius 1 is 1.13 bits per heavy atom. The van der Waals surface area contributed by atoms with Crippen molar-refractivity contribution in [2.45, 2.75) is 18.0 Å². The Hall–Kier alpha value is -2.32. The number of nitrogens with one attached hydrogen (secondary N) is 2. The van der Waals surface area contributed by atoms with E-state index in [9.17, 15) is 4.79 Å². The Balaban J connectivity index is 1.40. The van der Waals surface area contributed by atoms with E-state index in [1.807, 2.05) is 6.07 Å². The van der Waals surface area contributed by atoms with Gasteiger partial charge in [0.05, 0.1) is 27.2 Å². The molecule has 3 aromatic rings. The predicted molar refractivity (Wildman–Crippen MR) is 121 cm³/mol. The monoisotopic (exact) mass is 457 g/mol. The molecular formula is C21H17Cl2N5OS. The second-order valence-electron chi connectivity index (χ2n) is 7.02. The van der Waals surface area contributed by atoms with E-state index in [0.29, 0.717) is 38.1 Å². The number of fused-ring (bicyclic) bond motifs is 2. The molecule has 6 nitrogen and oxygen atoms in total. The zero-order valence-corrected chi connectivity index (χ0v) is 18.1. The van der Waals surface area contributed by atoms with Gasteiger partial charge in [0.15, 0.2) is 0 Å². The average molecular weight is 458 g/mol. The van der Waals surface area contributed by atoms with E-state index in [-0.39, 0.29) is 5.91 Å². The lowest BCUT2D eigenvalue weighted by Gasteiger charge is -2.28. The number of halogens is 2. The maximum atomic E-state index is 13.0. The van der Waals surface area contributed by atoms with Gasteiger partial charge in [0.1, 0.15) is 5.03 Å². The Labute approximate surface area is 188 Å². The third kappa shape index (κ3) is 3.63. The number of amides is 1. The van der Waals surface area contributed by atoms with Crippen molar-refractivity contribution in [2.75, 3.05) is 22.6 Å². The Bertz CT molecular complexity index is 1140. The molecule has 3 heterocycles. The molecule has 0 spiro atoms. The Morgan fingerprint density at radius 2 is 1.97 bits per heavy atom. The summed E-state index contributed by atoms with van der Waals surface area (Å²) in [6.45, 7) is 1.88. The number of nitrogens with zero attached hydrogens (tertiary/aromatic N) is 3. The fourth-order valence-electron chi connectivity index (χ4n) is 3.61. The summed E-state index contributed by atoms with van der Waals surface area (Å²) in [5, 5.41) is 8.13. The Kier molecular flexibility index (Phi) is 5.28. The predicted octanol–water partition coefficient (Wildman–Crippen LogP) is 4.88. The molecule has 2 aliphatic rings. The third-order valence-electron chi connectivity index (χ3n) is 5.12. The van der Waals surface area contributed by atoms with Crippen LogP contribution in [-0.4, -0.2) is 28.3 Å². The lowest BCUT2D eigenvalue weighted by atomic mass is 10.0. The van der Waals surface area contributed by atoms with Crippen LogP contribution in [0.2, 0.25) is 10.0 Å². The van der Waals surface area contributed by atoms with Crippen molar-refractivity contribution in [3.8, 4) is 0 Å². The molecule has 2 N–H and O–H groups in total. The molecule has 2 aromatic carbocycles. The number of aromatic nitrogens is 2. The van der Waals surface area contributed by atoms with Gasteiger partial charge in [0.25, 0.3) is 5.91 Å². The molecule has 30 heavy (non-hydrogen) atoms. The minimum Gasteiger partial charge on any atom is -0.324 e. The first-order chi connectivity index (χ1) is 14.6. The van der Waals surface area contributed by atoms with Gasteiger partial charge in [-0.15, -0.1) is 0 Å². The highest BCUT2D eigenvalue weighted by Gasteiger charge is 2.30. The van der Waals surface area contributed by atoms with E-state index in [0.717, 1.165) is 25.2 Å². The number of carbonyl (C=O) groups excluding carboxylic acids is 1. The zero-order chi connectivity index (χ0) is 20.7. The quantitative estimate of drug-likeness (QED) is 0.545. The van der Waals surface area contributed by atoms with Gasteiger partial charge in [-0.25, -0.2) is 9.97 Å². The number of anilines is 3. The van der Waals surface area contributed by atoms with Crippen LogP contribution in [0.5, 0.6) is 0 Å². The third-order valence-corrected chi connectivity index (χ3v) is 6.70. The lowest BCUT2D eigenvalue weighted by Crippen LogP contribution is -2.35. The van der Waals surface area contributed by atoms with E-state index >= 15 is 0 Å². The first-order valence-electron chi connectivity index (χ1n) is 9.45. The van der Waals surface area contributed by atoms with Gasteiger partial charge < -0.3 is 10.6 Å². The van der Waals surface area contributed by atoms with E-state index < -0.39 is 0 Å². The molecule has 1 aromatic heterocycles. The van der Waals surface area contributed by atoms with Crippen LogP contribution >= 0.6 is 35.0 Å². The summed E-state index contributed by atoms with van der Waals surface area (Å²) in [6.07, 6.45) is 2.56. The van der Waals surface area contributed by atoms with Crippen molar-refractivity contribution in [1.82, 2.24) is 15.3 Å². The van der Waals surface area contributed by atoms with Crippen molar-refractivity contribution in [1.29, 1.82) is 0 Å². The molecule has 9 heteroatoms. The fraction of sp³-hybridized carbons (Fsp3) is 0.190. The standard InChI is InChI=1S/C21H17Cl2N5OS/c22-16-2-1-3-17(23)18(16)28-11-30-19-15(20(28)29)10-25-21(27-19)26-14-5-4-13-9-24-7-6-12(13)8-14/h1-5,8,10,24H,6-7,9,11H2,(H,25,26,27). The lowest BCUT2D eigenvalue weighted by molar-refractivity contribution is 0.0985. The molecule has 0 atom stereocenters. The molecule has 0 aliphatic carbocycles. The number of carbonyl (C=O) groups is 1. The average Bonchev–Trinajstić information content (AvgIpc) is 2.75. The fourth-order valence-corrected chi connectivity index (χ4v) is 5.16. The molecular weight excluding hydrogens is 441 g/mol. The van der Waals surface area contributed by atoms with E-state index in [4.69, 9.17) is 23.2 Å². The second kappa shape index (κ2) is 8.07. The molecule has 0 saturated carbocycles. The van der Waals surface area contributed by atoms with Crippen molar-refractivity contribution in [2.24, 2.45) is 0 Å². The number of benzene rings is 2. The SMILES string of the molecule is O=C1c2cnc(Nc3ccc4c(c3)CCNC4)nc2SCN1c1c(Cl)cccc1Cl. The molecule has 5 rings (SSSR count). The first-order valence-corrected chi connectivity index (χ1v) is 11.2. The highest BCUT2D eigenvalue weighted by Crippen LogP contribution is 2.39. The van der Waals surface area contributed by atoms with Crippen LogP contribution in [0, 0.1) is 0 Å². The van der Waals surface area contributed by atoms with Crippen LogP contribution in [0.25, 0.3) is 0 Å². The van der Waals surface area contributed by atoms with Crippen molar-refractivity contribution < 1.29 is 4.79 Å². The van der Waals surface area contributed by atoms with E-state index in [1.54, 1.807) is 29.3 Å². The zero-order valence-electron chi connectivity index (χ0n) is 15.8. The number of para-hydroxylation sites is 1. The molecule has 1 amide bonds. The van der Waals surface area contributed by atoms with Crippen LogP contribution in [0.3, 0.4) is 0 Å². The largest absolute Gasteiger partial charge is 0.324 e. The van der Waals surface area contributed by atoms with E-state index in [1.165, 1.54) is 22.9 Å². The highest BCUT2D eigenvalue weighted by molar-refractivity contribution is 7.99. The topological polar surface area (TPSA) is 70.1 Å². The molecule has 0 bridgehead atoms. The second-order valence-corrected chi connectivity index (χ2v) is 8.77. The summed E-state index contributed by atoms with van der Waals surface area (Å²) in [7, 11) is 0. The number of rotatable bonds is 3. The summed E-state index contributed by atoms with van der Waals surface area (Å²) in [5.74, 6) is 0.621. The van der Waals surface area contributed by atoms with Crippen molar-refractivity contribution in [3.05, 3.63) is 69.3 Å². The number of hydrogen-bond donors (Lipinski definition) is 2. The van der Waals surface area contributed by atoms with Gasteiger partial charge in [-0.2, -0.15) is 0 Å². The molecule has 0 fully saturated rings. The van der Waals surface area contributed by atoms with Gasteiger partial charge in [0, 0.05) is 18.4 Å². The van der Waals surface area contributed by atoms with Gasteiger partial charge in [0.2, 0.25) is 5.95 Å². The molecule has 0 radical (unpaired) electrons. The van der Waals surface area contributed by atoms with Gasteiger partial charge in [-0.3, -0.25) is 9.69 Å². The van der Waals surface area contributed by atoms with Gasteiger partial charge in [-0.05, 0) is 48.4 Å². The summed E-state index contributed by atoms with van der Waals surface area (Å²) >= 11 is 14.0. The smallest absolute Gasteiger partial charge is 0.263 e. The van der Waals surface area contributed by atoms with Crippen LogP contribution in [0.4, 0.5) is 17.3 Å².